The maximum Gasteiger partial charge on any atom is 0.250 e. The van der Waals surface area contributed by atoms with Crippen LogP contribution in [0.25, 0.3) is 10.9 Å². The zero-order valence-corrected chi connectivity index (χ0v) is 15.4. The zero-order valence-electron chi connectivity index (χ0n) is 14.4. The van der Waals surface area contributed by atoms with Crippen molar-refractivity contribution < 1.29 is 4.43 Å². The SMILES string of the molecule is CN(C)Cc1c[nH]c2ccc(O[Si](C)(C)C(C)(C)C)cc12. The Hall–Kier alpha value is -1.26. The summed E-state index contributed by atoms with van der Waals surface area (Å²) < 4.78 is 6.42. The Kier molecular flexibility index (Phi) is 4.22. The Balaban J connectivity index is 2.34. The molecular weight excluding hydrogens is 276 g/mol. The van der Waals surface area contributed by atoms with Crippen molar-refractivity contribution in [3.8, 4) is 5.75 Å². The molecule has 1 aromatic carbocycles. The molecule has 0 spiro atoms. The first-order chi connectivity index (χ1) is 9.60. The molecule has 2 rings (SSSR count). The molecule has 0 saturated carbocycles. The van der Waals surface area contributed by atoms with E-state index in [0.29, 0.717) is 0 Å². The second-order valence-electron chi connectivity index (χ2n) is 7.62. The molecule has 0 radical (unpaired) electrons. The summed E-state index contributed by atoms with van der Waals surface area (Å²) in [6, 6.07) is 6.39. The Morgan fingerprint density at radius 3 is 2.43 bits per heavy atom. The molecular formula is C17H28N2OSi. The van der Waals surface area contributed by atoms with E-state index in [2.05, 4.69) is 82.2 Å². The summed E-state index contributed by atoms with van der Waals surface area (Å²) in [5, 5.41) is 1.48. The molecule has 1 heterocycles. The Morgan fingerprint density at radius 1 is 1.19 bits per heavy atom. The molecule has 1 N–H and O–H groups in total. The number of rotatable bonds is 4. The van der Waals surface area contributed by atoms with E-state index in [1.54, 1.807) is 0 Å². The number of benzene rings is 1. The fourth-order valence-electron chi connectivity index (χ4n) is 2.14. The molecule has 0 aliphatic rings. The van der Waals surface area contributed by atoms with Gasteiger partial charge in [-0.25, -0.2) is 0 Å². The average molecular weight is 305 g/mol. The van der Waals surface area contributed by atoms with E-state index in [0.717, 1.165) is 12.3 Å². The lowest BCUT2D eigenvalue weighted by Crippen LogP contribution is -2.43. The number of hydrogen-bond donors (Lipinski definition) is 1. The summed E-state index contributed by atoms with van der Waals surface area (Å²) in [6.45, 7) is 12.3. The number of fused-ring (bicyclic) bond motifs is 1. The summed E-state index contributed by atoms with van der Waals surface area (Å²) in [6.07, 6.45) is 2.10. The Labute approximate surface area is 129 Å². The highest BCUT2D eigenvalue weighted by atomic mass is 28.4. The molecule has 0 saturated heterocycles. The lowest BCUT2D eigenvalue weighted by molar-refractivity contribution is 0.404. The van der Waals surface area contributed by atoms with Crippen LogP contribution in [0.1, 0.15) is 26.3 Å². The average Bonchev–Trinajstić information content (AvgIpc) is 2.69. The molecule has 0 unspecified atom stereocenters. The minimum absolute atomic E-state index is 0.215. The first kappa shape index (κ1) is 16.1. The predicted octanol–water partition coefficient (Wildman–Crippen LogP) is 4.61. The van der Waals surface area contributed by atoms with Gasteiger partial charge in [0.25, 0.3) is 0 Å². The van der Waals surface area contributed by atoms with Gasteiger partial charge < -0.3 is 14.3 Å². The van der Waals surface area contributed by atoms with Crippen LogP contribution in [0.4, 0.5) is 0 Å². The van der Waals surface area contributed by atoms with E-state index < -0.39 is 8.32 Å². The number of nitrogens with zero attached hydrogens (tertiary/aromatic N) is 1. The highest BCUT2D eigenvalue weighted by molar-refractivity contribution is 6.74. The monoisotopic (exact) mass is 304 g/mol. The van der Waals surface area contributed by atoms with Crippen molar-refractivity contribution >= 4 is 19.2 Å². The van der Waals surface area contributed by atoms with Gasteiger partial charge in [-0.05, 0) is 56.0 Å². The smallest absolute Gasteiger partial charge is 0.250 e. The molecule has 0 aliphatic carbocycles. The van der Waals surface area contributed by atoms with Gasteiger partial charge in [0.1, 0.15) is 5.75 Å². The molecule has 116 valence electrons. The Bertz CT molecular complexity index is 623. The zero-order chi connectivity index (χ0) is 15.8. The number of aromatic nitrogens is 1. The van der Waals surface area contributed by atoms with Gasteiger partial charge in [0.15, 0.2) is 0 Å². The number of H-pyrrole nitrogens is 1. The summed E-state index contributed by atoms with van der Waals surface area (Å²) in [4.78, 5) is 5.53. The molecule has 21 heavy (non-hydrogen) atoms. The molecule has 1 aromatic heterocycles. The van der Waals surface area contributed by atoms with Crippen LogP contribution in [-0.2, 0) is 6.54 Å². The summed E-state index contributed by atoms with van der Waals surface area (Å²) in [5.74, 6) is 0.994. The number of hydrogen-bond acceptors (Lipinski definition) is 2. The second kappa shape index (κ2) is 5.50. The van der Waals surface area contributed by atoms with Crippen molar-refractivity contribution in [3.05, 3.63) is 30.0 Å². The molecule has 4 heteroatoms. The van der Waals surface area contributed by atoms with Gasteiger partial charge in [-0.1, -0.05) is 20.8 Å². The normalized spacial score (nSPS) is 13.1. The van der Waals surface area contributed by atoms with Gasteiger partial charge in [-0.2, -0.15) is 0 Å². The fraction of sp³-hybridized carbons (Fsp3) is 0.529. The minimum Gasteiger partial charge on any atom is -0.543 e. The summed E-state index contributed by atoms with van der Waals surface area (Å²) in [5.41, 5.74) is 2.49. The van der Waals surface area contributed by atoms with Crippen LogP contribution in [0.15, 0.2) is 24.4 Å². The number of aromatic amines is 1. The maximum absolute atomic E-state index is 6.42. The third-order valence-corrected chi connectivity index (χ3v) is 8.76. The van der Waals surface area contributed by atoms with Crippen molar-refractivity contribution in [1.82, 2.24) is 9.88 Å². The van der Waals surface area contributed by atoms with Crippen LogP contribution in [-0.4, -0.2) is 32.3 Å². The minimum atomic E-state index is -1.78. The molecule has 2 aromatic rings. The van der Waals surface area contributed by atoms with Crippen molar-refractivity contribution in [1.29, 1.82) is 0 Å². The van der Waals surface area contributed by atoms with Crippen LogP contribution in [0.5, 0.6) is 5.75 Å². The van der Waals surface area contributed by atoms with Gasteiger partial charge >= 0.3 is 0 Å². The van der Waals surface area contributed by atoms with Gasteiger partial charge in [0.2, 0.25) is 8.32 Å². The number of nitrogens with one attached hydrogen (secondary N) is 1. The molecule has 0 fully saturated rings. The molecule has 0 amide bonds. The highest BCUT2D eigenvalue weighted by Gasteiger charge is 2.38. The van der Waals surface area contributed by atoms with Crippen molar-refractivity contribution in [2.24, 2.45) is 0 Å². The van der Waals surface area contributed by atoms with E-state index >= 15 is 0 Å². The largest absolute Gasteiger partial charge is 0.543 e. The molecule has 0 aliphatic heterocycles. The van der Waals surface area contributed by atoms with E-state index in [9.17, 15) is 0 Å². The van der Waals surface area contributed by atoms with Crippen LogP contribution < -0.4 is 4.43 Å². The van der Waals surface area contributed by atoms with Crippen LogP contribution in [0.3, 0.4) is 0 Å². The standard InChI is InChI=1S/C17H28N2OSi/c1-17(2,3)21(6,7)20-14-8-9-16-15(10-14)13(11-18-16)12-19(4)5/h8-11,18H,12H2,1-7H3. The first-order valence-electron chi connectivity index (χ1n) is 7.54. The fourth-order valence-corrected chi connectivity index (χ4v) is 3.16. The summed E-state index contributed by atoms with van der Waals surface area (Å²) in [7, 11) is 2.40. The van der Waals surface area contributed by atoms with E-state index in [1.165, 1.54) is 16.5 Å². The molecule has 0 atom stereocenters. The predicted molar refractivity (Wildman–Crippen MR) is 93.5 cm³/mol. The first-order valence-corrected chi connectivity index (χ1v) is 10.4. The van der Waals surface area contributed by atoms with Gasteiger partial charge in [0.05, 0.1) is 0 Å². The molecule has 0 bridgehead atoms. The van der Waals surface area contributed by atoms with Crippen LogP contribution in [0.2, 0.25) is 18.1 Å². The summed E-state index contributed by atoms with van der Waals surface area (Å²) >= 11 is 0. The third-order valence-electron chi connectivity index (χ3n) is 4.40. The third kappa shape index (κ3) is 3.50. The maximum atomic E-state index is 6.42. The van der Waals surface area contributed by atoms with E-state index in [-0.39, 0.29) is 5.04 Å². The van der Waals surface area contributed by atoms with Crippen LogP contribution in [0, 0.1) is 0 Å². The van der Waals surface area contributed by atoms with Crippen LogP contribution >= 0.6 is 0 Å². The highest BCUT2D eigenvalue weighted by Crippen LogP contribution is 2.38. The van der Waals surface area contributed by atoms with E-state index in [4.69, 9.17) is 4.43 Å². The lowest BCUT2D eigenvalue weighted by atomic mass is 10.1. The van der Waals surface area contributed by atoms with Crippen molar-refractivity contribution in [3.63, 3.8) is 0 Å². The van der Waals surface area contributed by atoms with Gasteiger partial charge in [-0.3, -0.25) is 0 Å². The Morgan fingerprint density at radius 2 is 1.86 bits per heavy atom. The second-order valence-corrected chi connectivity index (χ2v) is 12.3. The quantitative estimate of drug-likeness (QED) is 0.835. The van der Waals surface area contributed by atoms with Crippen molar-refractivity contribution in [2.75, 3.05) is 14.1 Å². The lowest BCUT2D eigenvalue weighted by Gasteiger charge is -2.36. The van der Waals surface area contributed by atoms with Gasteiger partial charge in [-0.15, -0.1) is 0 Å². The van der Waals surface area contributed by atoms with Gasteiger partial charge in [0, 0.05) is 23.6 Å². The topological polar surface area (TPSA) is 28.3 Å². The van der Waals surface area contributed by atoms with E-state index in [1.807, 2.05) is 0 Å². The molecule has 3 nitrogen and oxygen atoms in total. The van der Waals surface area contributed by atoms with Crippen molar-refractivity contribution in [2.45, 2.75) is 45.4 Å².